The van der Waals surface area contributed by atoms with Crippen molar-refractivity contribution in [3.05, 3.63) is 21.9 Å². The van der Waals surface area contributed by atoms with Crippen LogP contribution in [0.2, 0.25) is 0 Å². The van der Waals surface area contributed by atoms with Crippen LogP contribution in [-0.2, 0) is 32.1 Å². The summed E-state index contributed by atoms with van der Waals surface area (Å²) in [5, 5.41) is 2.05. The standard InChI is InChI=1S/C19H26N2O4S/c1-3-17(22)20-8-4-5-15(12-20)19(24)25-13(2)18(23)21-9-6-16-14(11-21)7-10-26-16/h7,10,13,15H,3-6,8-9,11-12H2,1-2H3. The molecule has 1 aromatic heterocycles. The number of esters is 1. The van der Waals surface area contributed by atoms with E-state index in [4.69, 9.17) is 4.74 Å². The van der Waals surface area contributed by atoms with Crippen molar-refractivity contribution in [3.8, 4) is 0 Å². The van der Waals surface area contributed by atoms with Crippen molar-refractivity contribution in [2.75, 3.05) is 19.6 Å². The molecule has 2 atom stereocenters. The van der Waals surface area contributed by atoms with Crippen molar-refractivity contribution in [1.29, 1.82) is 0 Å². The number of nitrogens with zero attached hydrogens (tertiary/aromatic N) is 2. The number of hydrogen-bond acceptors (Lipinski definition) is 5. The van der Waals surface area contributed by atoms with E-state index in [0.717, 1.165) is 12.8 Å². The van der Waals surface area contributed by atoms with Crippen molar-refractivity contribution in [3.63, 3.8) is 0 Å². The Kier molecular flexibility index (Phi) is 5.96. The van der Waals surface area contributed by atoms with Crippen molar-refractivity contribution in [1.82, 2.24) is 9.80 Å². The number of amides is 2. The molecular formula is C19H26N2O4S. The van der Waals surface area contributed by atoms with E-state index in [1.807, 2.05) is 6.92 Å². The number of thiophene rings is 1. The Morgan fingerprint density at radius 3 is 2.88 bits per heavy atom. The van der Waals surface area contributed by atoms with E-state index in [0.29, 0.717) is 39.0 Å². The molecule has 0 bridgehead atoms. The topological polar surface area (TPSA) is 66.9 Å². The van der Waals surface area contributed by atoms with Crippen LogP contribution in [0.25, 0.3) is 0 Å². The molecule has 7 heteroatoms. The second-order valence-corrected chi connectivity index (χ2v) is 7.99. The van der Waals surface area contributed by atoms with Crippen molar-refractivity contribution in [2.24, 2.45) is 5.92 Å². The summed E-state index contributed by atoms with van der Waals surface area (Å²) >= 11 is 1.73. The van der Waals surface area contributed by atoms with E-state index in [2.05, 4.69) is 11.4 Å². The summed E-state index contributed by atoms with van der Waals surface area (Å²) in [6.07, 6.45) is 2.00. The first-order valence-electron chi connectivity index (χ1n) is 9.32. The Balaban J connectivity index is 1.54. The van der Waals surface area contributed by atoms with E-state index in [-0.39, 0.29) is 23.7 Å². The highest BCUT2D eigenvalue weighted by Gasteiger charge is 2.32. The summed E-state index contributed by atoms with van der Waals surface area (Å²) in [7, 11) is 0. The molecule has 2 unspecified atom stereocenters. The molecule has 0 saturated carbocycles. The highest BCUT2D eigenvalue weighted by atomic mass is 32.1. The van der Waals surface area contributed by atoms with Gasteiger partial charge >= 0.3 is 5.97 Å². The average Bonchev–Trinajstić information content (AvgIpc) is 3.14. The average molecular weight is 378 g/mol. The Hall–Kier alpha value is -1.89. The smallest absolute Gasteiger partial charge is 0.311 e. The minimum atomic E-state index is -0.792. The Labute approximate surface area is 158 Å². The molecule has 2 amide bonds. The molecule has 26 heavy (non-hydrogen) atoms. The fourth-order valence-electron chi connectivity index (χ4n) is 3.63. The third-order valence-electron chi connectivity index (χ3n) is 5.17. The first-order chi connectivity index (χ1) is 12.5. The summed E-state index contributed by atoms with van der Waals surface area (Å²) in [5.74, 6) is -0.786. The number of fused-ring (bicyclic) bond motifs is 1. The minimum Gasteiger partial charge on any atom is -0.452 e. The van der Waals surface area contributed by atoms with Crippen LogP contribution in [0.3, 0.4) is 0 Å². The lowest BCUT2D eigenvalue weighted by Gasteiger charge is -2.33. The lowest BCUT2D eigenvalue weighted by molar-refractivity contribution is -0.164. The van der Waals surface area contributed by atoms with Crippen LogP contribution in [0.15, 0.2) is 11.4 Å². The van der Waals surface area contributed by atoms with Gasteiger partial charge in [-0.1, -0.05) is 6.92 Å². The largest absolute Gasteiger partial charge is 0.452 e. The first kappa shape index (κ1) is 18.9. The fraction of sp³-hybridized carbons (Fsp3) is 0.632. The van der Waals surface area contributed by atoms with Gasteiger partial charge in [-0.15, -0.1) is 11.3 Å². The molecule has 1 aromatic rings. The van der Waals surface area contributed by atoms with Gasteiger partial charge in [0.25, 0.3) is 5.91 Å². The summed E-state index contributed by atoms with van der Waals surface area (Å²) in [6.45, 7) is 5.80. The Morgan fingerprint density at radius 1 is 1.31 bits per heavy atom. The van der Waals surface area contributed by atoms with Gasteiger partial charge in [0.15, 0.2) is 6.10 Å². The molecule has 0 N–H and O–H groups in total. The molecule has 6 nitrogen and oxygen atoms in total. The number of piperidine rings is 1. The van der Waals surface area contributed by atoms with Gasteiger partial charge in [0, 0.05) is 37.5 Å². The van der Waals surface area contributed by atoms with E-state index in [9.17, 15) is 14.4 Å². The van der Waals surface area contributed by atoms with Gasteiger partial charge in [0.2, 0.25) is 5.91 Å². The maximum absolute atomic E-state index is 12.7. The normalized spacial score (nSPS) is 21.1. The second-order valence-electron chi connectivity index (χ2n) is 6.99. The molecule has 1 saturated heterocycles. The van der Waals surface area contributed by atoms with Crippen molar-refractivity contribution >= 4 is 29.1 Å². The molecule has 3 rings (SSSR count). The predicted octanol–water partition coefficient (Wildman–Crippen LogP) is 2.21. The van der Waals surface area contributed by atoms with Gasteiger partial charge in [0.1, 0.15) is 0 Å². The number of rotatable bonds is 4. The van der Waals surface area contributed by atoms with Crippen LogP contribution < -0.4 is 0 Å². The molecule has 0 aliphatic carbocycles. The fourth-order valence-corrected chi connectivity index (χ4v) is 4.52. The maximum atomic E-state index is 12.7. The zero-order valence-corrected chi connectivity index (χ0v) is 16.2. The molecule has 3 heterocycles. The molecule has 1 fully saturated rings. The zero-order valence-electron chi connectivity index (χ0n) is 15.4. The van der Waals surface area contributed by atoms with Gasteiger partial charge in [-0.25, -0.2) is 0 Å². The maximum Gasteiger partial charge on any atom is 0.311 e. The molecule has 2 aliphatic heterocycles. The van der Waals surface area contributed by atoms with Crippen LogP contribution in [0.4, 0.5) is 0 Å². The molecule has 142 valence electrons. The number of carbonyl (C=O) groups excluding carboxylic acids is 3. The van der Waals surface area contributed by atoms with Gasteiger partial charge < -0.3 is 14.5 Å². The number of hydrogen-bond donors (Lipinski definition) is 0. The van der Waals surface area contributed by atoms with Gasteiger partial charge in [-0.05, 0) is 43.2 Å². The number of ether oxygens (including phenoxy) is 1. The first-order valence-corrected chi connectivity index (χ1v) is 10.2. The minimum absolute atomic E-state index is 0.0616. The van der Waals surface area contributed by atoms with Gasteiger partial charge in [-0.3, -0.25) is 14.4 Å². The second kappa shape index (κ2) is 8.20. The number of carbonyl (C=O) groups is 3. The van der Waals surface area contributed by atoms with Gasteiger partial charge in [-0.2, -0.15) is 0 Å². The van der Waals surface area contributed by atoms with Crippen LogP contribution >= 0.6 is 11.3 Å². The third-order valence-corrected chi connectivity index (χ3v) is 6.19. The highest BCUT2D eigenvalue weighted by Crippen LogP contribution is 2.25. The Morgan fingerprint density at radius 2 is 2.12 bits per heavy atom. The SMILES string of the molecule is CCC(=O)N1CCCC(C(=O)OC(C)C(=O)N2CCc3sccc3C2)C1. The highest BCUT2D eigenvalue weighted by molar-refractivity contribution is 7.10. The summed E-state index contributed by atoms with van der Waals surface area (Å²) in [5.41, 5.74) is 1.19. The lowest BCUT2D eigenvalue weighted by atomic mass is 9.98. The van der Waals surface area contributed by atoms with Crippen molar-refractivity contribution in [2.45, 2.75) is 52.2 Å². The van der Waals surface area contributed by atoms with E-state index in [1.54, 1.807) is 28.1 Å². The van der Waals surface area contributed by atoms with E-state index < -0.39 is 6.10 Å². The van der Waals surface area contributed by atoms with E-state index >= 15 is 0 Å². The predicted molar refractivity (Wildman–Crippen MR) is 98.6 cm³/mol. The zero-order chi connectivity index (χ0) is 18.7. The van der Waals surface area contributed by atoms with E-state index in [1.165, 1.54) is 10.4 Å². The van der Waals surface area contributed by atoms with Gasteiger partial charge in [0.05, 0.1) is 5.92 Å². The van der Waals surface area contributed by atoms with Crippen LogP contribution in [0, 0.1) is 5.92 Å². The summed E-state index contributed by atoms with van der Waals surface area (Å²) < 4.78 is 5.47. The molecule has 0 aromatic carbocycles. The quantitative estimate of drug-likeness (QED) is 0.754. The molecular weight excluding hydrogens is 352 g/mol. The molecule has 2 aliphatic rings. The lowest BCUT2D eigenvalue weighted by Crippen LogP contribution is -2.45. The molecule has 0 radical (unpaired) electrons. The summed E-state index contributed by atoms with van der Waals surface area (Å²) in [4.78, 5) is 41.8. The van der Waals surface area contributed by atoms with Crippen LogP contribution in [0.1, 0.15) is 43.6 Å². The Bertz CT molecular complexity index is 687. The van der Waals surface area contributed by atoms with Crippen molar-refractivity contribution < 1.29 is 19.1 Å². The van der Waals surface area contributed by atoms with Crippen LogP contribution in [-0.4, -0.2) is 53.3 Å². The monoisotopic (exact) mass is 378 g/mol. The number of likely N-dealkylation sites (tertiary alicyclic amines) is 1. The van der Waals surface area contributed by atoms with Crippen LogP contribution in [0.5, 0.6) is 0 Å². The third kappa shape index (κ3) is 4.09. The molecule has 0 spiro atoms. The summed E-state index contributed by atoms with van der Waals surface area (Å²) in [6, 6.07) is 2.05.